The van der Waals surface area contributed by atoms with Crippen LogP contribution in [0, 0.1) is 0 Å². The van der Waals surface area contributed by atoms with Crippen molar-refractivity contribution in [2.75, 3.05) is 53.4 Å². The molecule has 0 saturated carbocycles. The molecule has 0 radical (unpaired) electrons. The van der Waals surface area contributed by atoms with Gasteiger partial charge in [-0.1, -0.05) is 12.1 Å². The van der Waals surface area contributed by atoms with Crippen molar-refractivity contribution in [3.63, 3.8) is 0 Å². The van der Waals surface area contributed by atoms with Crippen LogP contribution in [0.25, 0.3) is 0 Å². The van der Waals surface area contributed by atoms with E-state index in [9.17, 15) is 13.2 Å². The Morgan fingerprint density at radius 2 is 1.78 bits per heavy atom. The minimum atomic E-state index is -4.30. The number of nitrogens with one attached hydrogen (secondary N) is 2. The number of alkyl halides is 3. The Morgan fingerprint density at radius 1 is 1.07 bits per heavy atom. The number of nitrogens with zero attached hydrogens (tertiary/aromatic N) is 3. The monoisotopic (exact) mass is 499 g/mol. The summed E-state index contributed by atoms with van der Waals surface area (Å²) in [5, 5.41) is 6.39. The lowest BCUT2D eigenvalue weighted by Gasteiger charge is -2.21. The molecule has 1 aliphatic rings. The summed E-state index contributed by atoms with van der Waals surface area (Å²) < 4.78 is 37.7. The molecule has 9 heteroatoms. The molecule has 0 aromatic heterocycles. The first-order valence-electron chi connectivity index (χ1n) is 8.90. The zero-order chi connectivity index (χ0) is 19.0. The number of aliphatic imine (C=N–C) groups is 1. The van der Waals surface area contributed by atoms with Crippen LogP contribution in [0.2, 0.25) is 0 Å². The topological polar surface area (TPSA) is 42.9 Å². The van der Waals surface area contributed by atoms with Gasteiger partial charge >= 0.3 is 6.18 Å². The first-order valence-corrected chi connectivity index (χ1v) is 8.90. The fourth-order valence-electron chi connectivity index (χ4n) is 2.87. The highest BCUT2D eigenvalue weighted by Gasteiger charge is 2.29. The van der Waals surface area contributed by atoms with Crippen LogP contribution in [0.1, 0.15) is 17.5 Å². The van der Waals surface area contributed by atoms with E-state index in [1.54, 1.807) is 7.05 Å². The van der Waals surface area contributed by atoms with Gasteiger partial charge < -0.3 is 20.4 Å². The maximum absolute atomic E-state index is 12.6. The summed E-state index contributed by atoms with van der Waals surface area (Å²) in [4.78, 5) is 8.94. The molecule has 0 atom stereocenters. The first-order chi connectivity index (χ1) is 12.4. The second-order valence-electron chi connectivity index (χ2n) is 6.55. The van der Waals surface area contributed by atoms with Gasteiger partial charge in [0.2, 0.25) is 0 Å². The molecule has 1 heterocycles. The lowest BCUT2D eigenvalue weighted by atomic mass is 10.1. The van der Waals surface area contributed by atoms with Crippen molar-refractivity contribution < 1.29 is 13.2 Å². The van der Waals surface area contributed by atoms with Gasteiger partial charge in [-0.2, -0.15) is 13.2 Å². The van der Waals surface area contributed by atoms with Crippen molar-refractivity contribution in [1.29, 1.82) is 0 Å². The summed E-state index contributed by atoms with van der Waals surface area (Å²) in [6, 6.07) is 5.17. The van der Waals surface area contributed by atoms with Gasteiger partial charge in [0.05, 0.1) is 5.56 Å². The van der Waals surface area contributed by atoms with Crippen LogP contribution in [0.5, 0.6) is 0 Å². The fourth-order valence-corrected chi connectivity index (χ4v) is 2.87. The molecule has 1 aliphatic heterocycles. The number of benzene rings is 1. The minimum Gasteiger partial charge on any atom is -0.355 e. The molecule has 2 N–H and O–H groups in total. The van der Waals surface area contributed by atoms with Crippen molar-refractivity contribution in [2.45, 2.75) is 19.1 Å². The number of guanidine groups is 1. The molecule has 0 aliphatic carbocycles. The number of hydrogen-bond acceptors (Lipinski definition) is 3. The lowest BCUT2D eigenvalue weighted by molar-refractivity contribution is -0.137. The van der Waals surface area contributed by atoms with Crippen LogP contribution in [-0.4, -0.2) is 69.1 Å². The number of likely N-dealkylation sites (N-methyl/N-ethyl adjacent to an activating group) is 1. The summed E-state index contributed by atoms with van der Waals surface area (Å²) in [6.07, 6.45) is -3.12. The third kappa shape index (κ3) is 8.65. The standard InChI is InChI=1S/C18H28F3N5.HI/c1-22-17(23-8-11-26-10-3-9-25(2)12-13-26)24-14-15-4-6-16(7-5-15)18(19,20)21;/h4-7H,3,8-14H2,1-2H3,(H2,22,23,24);1H. The maximum atomic E-state index is 12.6. The second-order valence-corrected chi connectivity index (χ2v) is 6.55. The number of rotatable bonds is 5. The molecule has 1 fully saturated rings. The van der Waals surface area contributed by atoms with Crippen molar-refractivity contribution in [2.24, 2.45) is 4.99 Å². The van der Waals surface area contributed by atoms with Crippen LogP contribution in [0.15, 0.2) is 29.3 Å². The normalized spacial score (nSPS) is 17.1. The van der Waals surface area contributed by atoms with Gasteiger partial charge in [-0.15, -0.1) is 24.0 Å². The zero-order valence-corrected chi connectivity index (χ0v) is 18.2. The van der Waals surface area contributed by atoms with Crippen molar-refractivity contribution >= 4 is 29.9 Å². The Morgan fingerprint density at radius 3 is 2.41 bits per heavy atom. The molecule has 5 nitrogen and oxygen atoms in total. The summed E-state index contributed by atoms with van der Waals surface area (Å²) in [5.74, 6) is 0.650. The number of hydrogen-bond donors (Lipinski definition) is 2. The summed E-state index contributed by atoms with van der Waals surface area (Å²) >= 11 is 0. The molecular weight excluding hydrogens is 470 g/mol. The van der Waals surface area contributed by atoms with Crippen LogP contribution in [0.3, 0.4) is 0 Å². The SMILES string of the molecule is CN=C(NCCN1CCCN(C)CC1)NCc1ccc(C(F)(F)F)cc1.I. The molecule has 27 heavy (non-hydrogen) atoms. The largest absolute Gasteiger partial charge is 0.416 e. The second kappa shape index (κ2) is 11.7. The third-order valence-electron chi connectivity index (χ3n) is 4.50. The molecular formula is C18H29F3IN5. The van der Waals surface area contributed by atoms with Gasteiger partial charge in [-0.25, -0.2) is 0 Å². The highest BCUT2D eigenvalue weighted by molar-refractivity contribution is 14.0. The molecule has 0 spiro atoms. The van der Waals surface area contributed by atoms with Gasteiger partial charge in [-0.3, -0.25) is 4.99 Å². The zero-order valence-electron chi connectivity index (χ0n) is 15.9. The average Bonchev–Trinajstić information content (AvgIpc) is 2.82. The summed E-state index contributed by atoms with van der Waals surface area (Å²) in [7, 11) is 3.83. The smallest absolute Gasteiger partial charge is 0.355 e. The van der Waals surface area contributed by atoms with E-state index < -0.39 is 11.7 Å². The van der Waals surface area contributed by atoms with Crippen LogP contribution >= 0.6 is 24.0 Å². The van der Waals surface area contributed by atoms with E-state index in [2.05, 4.69) is 32.5 Å². The van der Waals surface area contributed by atoms with E-state index in [0.717, 1.165) is 57.0 Å². The Kier molecular flexibility index (Phi) is 10.4. The molecule has 154 valence electrons. The predicted molar refractivity (Wildman–Crippen MR) is 114 cm³/mol. The Hall–Kier alpha value is -1.07. The summed E-state index contributed by atoms with van der Waals surface area (Å²) in [5.41, 5.74) is 0.142. The van der Waals surface area contributed by atoms with E-state index >= 15 is 0 Å². The van der Waals surface area contributed by atoms with Crippen LogP contribution < -0.4 is 10.6 Å². The first kappa shape index (κ1) is 24.0. The van der Waals surface area contributed by atoms with E-state index in [0.29, 0.717) is 12.5 Å². The van der Waals surface area contributed by atoms with Crippen molar-refractivity contribution in [3.8, 4) is 0 Å². The van der Waals surface area contributed by atoms with Crippen molar-refractivity contribution in [1.82, 2.24) is 20.4 Å². The third-order valence-corrected chi connectivity index (χ3v) is 4.50. The van der Waals surface area contributed by atoms with E-state index in [4.69, 9.17) is 0 Å². The maximum Gasteiger partial charge on any atom is 0.416 e. The van der Waals surface area contributed by atoms with Crippen LogP contribution in [-0.2, 0) is 12.7 Å². The van der Waals surface area contributed by atoms with Gasteiger partial charge in [0, 0.05) is 39.8 Å². The molecule has 1 aromatic rings. The average molecular weight is 499 g/mol. The molecule has 1 aromatic carbocycles. The molecule has 0 amide bonds. The van der Waals surface area contributed by atoms with Gasteiger partial charge in [0.25, 0.3) is 0 Å². The Labute approximate surface area is 176 Å². The Balaban J connectivity index is 0.00000364. The van der Waals surface area contributed by atoms with E-state index in [-0.39, 0.29) is 24.0 Å². The Bertz CT molecular complexity index is 577. The van der Waals surface area contributed by atoms with Crippen molar-refractivity contribution in [3.05, 3.63) is 35.4 Å². The predicted octanol–water partition coefficient (Wildman–Crippen LogP) is 2.63. The lowest BCUT2D eigenvalue weighted by Crippen LogP contribution is -2.42. The quantitative estimate of drug-likeness (QED) is 0.372. The fraction of sp³-hybridized carbons (Fsp3) is 0.611. The molecule has 2 rings (SSSR count). The number of halogens is 4. The molecule has 1 saturated heterocycles. The summed E-state index contributed by atoms with van der Waals surface area (Å²) in [6.45, 7) is 6.53. The highest BCUT2D eigenvalue weighted by Crippen LogP contribution is 2.28. The molecule has 0 bridgehead atoms. The van der Waals surface area contributed by atoms with Crippen LogP contribution in [0.4, 0.5) is 13.2 Å². The van der Waals surface area contributed by atoms with Gasteiger partial charge in [0.15, 0.2) is 5.96 Å². The minimum absolute atomic E-state index is 0. The van der Waals surface area contributed by atoms with Gasteiger partial charge in [0.1, 0.15) is 0 Å². The highest BCUT2D eigenvalue weighted by atomic mass is 127. The van der Waals surface area contributed by atoms with Gasteiger partial charge in [-0.05, 0) is 44.3 Å². The molecule has 0 unspecified atom stereocenters. The van der Waals surface area contributed by atoms with E-state index in [1.165, 1.54) is 18.6 Å². The van der Waals surface area contributed by atoms with E-state index in [1.807, 2.05) is 0 Å².